The minimum atomic E-state index is -0.597. The Morgan fingerprint density at radius 2 is 2.00 bits per heavy atom. The van der Waals surface area contributed by atoms with Crippen LogP contribution >= 0.6 is 0 Å². The molecule has 76 valence electrons. The molecule has 1 saturated heterocycles. The smallest absolute Gasteiger partial charge is 0.135 e. The van der Waals surface area contributed by atoms with E-state index in [0.29, 0.717) is 25.2 Å². The molecule has 0 aromatic heterocycles. The summed E-state index contributed by atoms with van der Waals surface area (Å²) < 4.78 is 0. The molecule has 0 aromatic rings. The van der Waals surface area contributed by atoms with Gasteiger partial charge in [0.15, 0.2) is 0 Å². The summed E-state index contributed by atoms with van der Waals surface area (Å²) in [6.07, 6.45) is 2.07. The number of β-amino-alcohol motifs (C(OH)–C–C–N with tert-alkyl or cyclic N) is 1. The van der Waals surface area contributed by atoms with Crippen LogP contribution in [0.2, 0.25) is 0 Å². The molecular formula is C10H19NO2. The summed E-state index contributed by atoms with van der Waals surface area (Å²) in [6.45, 7) is 6.15. The van der Waals surface area contributed by atoms with Crippen LogP contribution in [-0.4, -0.2) is 41.0 Å². The first-order chi connectivity index (χ1) is 6.03. The number of likely N-dealkylation sites (tertiary alicyclic amines) is 1. The van der Waals surface area contributed by atoms with Crippen LogP contribution in [0.3, 0.4) is 0 Å². The van der Waals surface area contributed by atoms with Crippen molar-refractivity contribution in [3.63, 3.8) is 0 Å². The number of hydrogen-bond donors (Lipinski definition) is 1. The number of piperidine rings is 1. The Morgan fingerprint density at radius 3 is 2.46 bits per heavy atom. The predicted octanol–water partition coefficient (Wildman–Crippen LogP) is 0.812. The maximum atomic E-state index is 11.0. The topological polar surface area (TPSA) is 40.5 Å². The third-order valence-electron chi connectivity index (χ3n) is 2.74. The molecule has 1 fully saturated rings. The summed E-state index contributed by atoms with van der Waals surface area (Å²) in [4.78, 5) is 13.1. The minimum Gasteiger partial charge on any atom is -0.389 e. The summed E-state index contributed by atoms with van der Waals surface area (Å²) in [6, 6.07) is 0. The Balaban J connectivity index is 2.34. The van der Waals surface area contributed by atoms with Crippen molar-refractivity contribution in [3.05, 3.63) is 0 Å². The van der Waals surface area contributed by atoms with Crippen molar-refractivity contribution in [1.29, 1.82) is 0 Å². The Bertz CT molecular complexity index is 179. The zero-order chi connectivity index (χ0) is 9.90. The normalized spacial score (nSPS) is 24.4. The van der Waals surface area contributed by atoms with E-state index in [9.17, 15) is 9.90 Å². The molecule has 1 aliphatic rings. The molecule has 1 unspecified atom stereocenters. The Kier molecular flexibility index (Phi) is 3.45. The third kappa shape index (κ3) is 3.44. The van der Waals surface area contributed by atoms with Crippen LogP contribution < -0.4 is 0 Å². The van der Waals surface area contributed by atoms with Gasteiger partial charge in [-0.3, -0.25) is 9.69 Å². The van der Waals surface area contributed by atoms with Gasteiger partial charge in [-0.15, -0.1) is 0 Å². The fraction of sp³-hybridized carbons (Fsp3) is 0.900. The second kappa shape index (κ2) is 4.20. The first-order valence-corrected chi connectivity index (χ1v) is 5.00. The summed E-state index contributed by atoms with van der Waals surface area (Å²) in [5.74, 6) is 0.354. The zero-order valence-electron chi connectivity index (χ0n) is 8.55. The summed E-state index contributed by atoms with van der Waals surface area (Å²) in [5.41, 5.74) is -0.597. The lowest BCUT2D eigenvalue weighted by Gasteiger charge is -2.32. The molecule has 0 aromatic carbocycles. The van der Waals surface area contributed by atoms with Gasteiger partial charge in [0.2, 0.25) is 0 Å². The Hall–Kier alpha value is -0.410. The molecule has 0 saturated carbocycles. The molecule has 0 bridgehead atoms. The second-order valence-corrected chi connectivity index (χ2v) is 4.17. The van der Waals surface area contributed by atoms with E-state index in [2.05, 4.69) is 4.90 Å². The van der Waals surface area contributed by atoms with E-state index in [0.717, 1.165) is 19.5 Å². The highest BCUT2D eigenvalue weighted by Gasteiger charge is 2.24. The minimum absolute atomic E-state index is 0.354. The predicted molar refractivity (Wildman–Crippen MR) is 51.6 cm³/mol. The molecule has 1 aliphatic heterocycles. The molecule has 13 heavy (non-hydrogen) atoms. The van der Waals surface area contributed by atoms with Crippen molar-refractivity contribution >= 4 is 5.78 Å². The third-order valence-corrected chi connectivity index (χ3v) is 2.74. The van der Waals surface area contributed by atoms with E-state index in [1.165, 1.54) is 0 Å². The fourth-order valence-corrected chi connectivity index (χ4v) is 1.55. The highest BCUT2D eigenvalue weighted by Crippen LogP contribution is 2.14. The van der Waals surface area contributed by atoms with Crippen molar-refractivity contribution in [2.75, 3.05) is 19.6 Å². The molecule has 0 spiro atoms. The molecular weight excluding hydrogens is 166 g/mol. The van der Waals surface area contributed by atoms with E-state index < -0.39 is 5.60 Å². The summed E-state index contributed by atoms with van der Waals surface area (Å²) in [5, 5.41) is 9.81. The molecule has 0 aliphatic carbocycles. The average Bonchev–Trinajstić information content (AvgIpc) is 2.09. The van der Waals surface area contributed by atoms with Crippen molar-refractivity contribution in [1.82, 2.24) is 4.90 Å². The van der Waals surface area contributed by atoms with E-state index in [1.807, 2.05) is 13.8 Å². The maximum absolute atomic E-state index is 11.0. The number of carbonyl (C=O) groups is 1. The number of ketones is 1. The summed E-state index contributed by atoms with van der Waals surface area (Å²) >= 11 is 0. The molecule has 3 heteroatoms. The number of rotatable bonds is 3. The number of hydrogen-bond acceptors (Lipinski definition) is 3. The van der Waals surface area contributed by atoms with Gasteiger partial charge in [0.25, 0.3) is 0 Å². The maximum Gasteiger partial charge on any atom is 0.135 e. The van der Waals surface area contributed by atoms with Crippen LogP contribution in [0.15, 0.2) is 0 Å². The van der Waals surface area contributed by atoms with E-state index in [-0.39, 0.29) is 0 Å². The highest BCUT2D eigenvalue weighted by molar-refractivity contribution is 5.79. The van der Waals surface area contributed by atoms with Gasteiger partial charge in [-0.1, -0.05) is 6.92 Å². The molecule has 3 nitrogen and oxygen atoms in total. The number of nitrogens with zero attached hydrogens (tertiary/aromatic N) is 1. The van der Waals surface area contributed by atoms with E-state index >= 15 is 0 Å². The molecule has 1 N–H and O–H groups in total. The molecule has 1 rings (SSSR count). The van der Waals surface area contributed by atoms with Gasteiger partial charge in [0, 0.05) is 32.5 Å². The van der Waals surface area contributed by atoms with Gasteiger partial charge in [-0.25, -0.2) is 0 Å². The van der Waals surface area contributed by atoms with Gasteiger partial charge in [0.05, 0.1) is 5.60 Å². The van der Waals surface area contributed by atoms with Crippen LogP contribution in [0.25, 0.3) is 0 Å². The summed E-state index contributed by atoms with van der Waals surface area (Å²) in [7, 11) is 0. The first-order valence-electron chi connectivity index (χ1n) is 5.00. The standard InChI is InChI=1S/C10H19NO2/c1-3-10(2,13)8-11-6-4-9(12)5-7-11/h13H,3-8H2,1-2H3. The van der Waals surface area contributed by atoms with Crippen molar-refractivity contribution < 1.29 is 9.90 Å². The average molecular weight is 185 g/mol. The largest absolute Gasteiger partial charge is 0.389 e. The Morgan fingerprint density at radius 1 is 1.46 bits per heavy atom. The van der Waals surface area contributed by atoms with Gasteiger partial charge >= 0.3 is 0 Å². The first kappa shape index (κ1) is 10.7. The van der Waals surface area contributed by atoms with Crippen molar-refractivity contribution in [2.45, 2.75) is 38.7 Å². The molecule has 1 atom stereocenters. The van der Waals surface area contributed by atoms with Crippen molar-refractivity contribution in [3.8, 4) is 0 Å². The van der Waals surface area contributed by atoms with Crippen LogP contribution in [0, 0.1) is 0 Å². The number of aliphatic hydroxyl groups is 1. The van der Waals surface area contributed by atoms with E-state index in [1.54, 1.807) is 0 Å². The van der Waals surface area contributed by atoms with Crippen molar-refractivity contribution in [2.24, 2.45) is 0 Å². The van der Waals surface area contributed by atoms with Crippen LogP contribution in [0.4, 0.5) is 0 Å². The fourth-order valence-electron chi connectivity index (χ4n) is 1.55. The van der Waals surface area contributed by atoms with Gasteiger partial charge in [-0.05, 0) is 13.3 Å². The van der Waals surface area contributed by atoms with Crippen LogP contribution in [0.1, 0.15) is 33.1 Å². The monoisotopic (exact) mass is 185 g/mol. The lowest BCUT2D eigenvalue weighted by Crippen LogP contribution is -2.44. The van der Waals surface area contributed by atoms with Gasteiger partial charge in [-0.2, -0.15) is 0 Å². The zero-order valence-corrected chi connectivity index (χ0v) is 8.55. The molecule has 0 amide bonds. The van der Waals surface area contributed by atoms with E-state index in [4.69, 9.17) is 0 Å². The number of Topliss-reactive ketones (excluding diaryl/α,β-unsaturated/α-hetero) is 1. The highest BCUT2D eigenvalue weighted by atomic mass is 16.3. The number of carbonyl (C=O) groups excluding carboxylic acids is 1. The van der Waals surface area contributed by atoms with Gasteiger partial charge in [0.1, 0.15) is 5.78 Å². The molecule has 1 heterocycles. The lowest BCUT2D eigenvalue weighted by molar-refractivity contribution is -0.122. The van der Waals surface area contributed by atoms with Crippen LogP contribution in [-0.2, 0) is 4.79 Å². The second-order valence-electron chi connectivity index (χ2n) is 4.17. The van der Waals surface area contributed by atoms with Crippen LogP contribution in [0.5, 0.6) is 0 Å². The van der Waals surface area contributed by atoms with Gasteiger partial charge < -0.3 is 5.11 Å². The lowest BCUT2D eigenvalue weighted by atomic mass is 10.0. The Labute approximate surface area is 79.7 Å². The quantitative estimate of drug-likeness (QED) is 0.707. The SMILES string of the molecule is CCC(C)(O)CN1CCC(=O)CC1. The molecule has 0 radical (unpaired) electrons.